The minimum atomic E-state index is -3.48. The summed E-state index contributed by atoms with van der Waals surface area (Å²) in [5.41, 5.74) is 2.83. The van der Waals surface area contributed by atoms with Gasteiger partial charge in [-0.1, -0.05) is 12.5 Å². The predicted molar refractivity (Wildman–Crippen MR) is 131 cm³/mol. The van der Waals surface area contributed by atoms with Crippen LogP contribution in [0.2, 0.25) is 0 Å². The monoisotopic (exact) mass is 484 g/mol. The molecule has 2 aliphatic heterocycles. The van der Waals surface area contributed by atoms with Crippen LogP contribution in [-0.4, -0.2) is 60.5 Å². The average molecular weight is 485 g/mol. The number of aryl methyl sites for hydroxylation is 1. The molecule has 2 aliphatic rings. The van der Waals surface area contributed by atoms with Gasteiger partial charge in [-0.25, -0.2) is 13.4 Å². The molecule has 0 radical (unpaired) electrons. The number of piperidine rings is 1. The molecule has 182 valence electrons. The van der Waals surface area contributed by atoms with Crippen LogP contribution in [0.5, 0.6) is 11.5 Å². The van der Waals surface area contributed by atoms with E-state index in [1.54, 1.807) is 16.4 Å². The molecular weight excluding hydrogens is 452 g/mol. The maximum absolute atomic E-state index is 13.1. The first-order valence-corrected chi connectivity index (χ1v) is 13.5. The van der Waals surface area contributed by atoms with E-state index in [1.165, 1.54) is 0 Å². The molecule has 0 spiro atoms. The molecule has 8 nitrogen and oxygen atoms in total. The topological polar surface area (TPSA) is 76.9 Å². The first-order valence-electron chi connectivity index (χ1n) is 12.0. The van der Waals surface area contributed by atoms with E-state index in [0.717, 1.165) is 66.3 Å². The van der Waals surface area contributed by atoms with E-state index in [9.17, 15) is 8.42 Å². The lowest BCUT2D eigenvalue weighted by Crippen LogP contribution is -2.35. The molecule has 9 heteroatoms. The van der Waals surface area contributed by atoms with Crippen LogP contribution < -0.4 is 9.47 Å². The van der Waals surface area contributed by atoms with Crippen molar-refractivity contribution in [2.45, 2.75) is 50.7 Å². The Morgan fingerprint density at radius 1 is 0.971 bits per heavy atom. The van der Waals surface area contributed by atoms with Gasteiger partial charge in [0.25, 0.3) is 0 Å². The van der Waals surface area contributed by atoms with Crippen LogP contribution in [0.3, 0.4) is 0 Å². The van der Waals surface area contributed by atoms with E-state index in [2.05, 4.69) is 29.5 Å². The molecule has 0 saturated carbocycles. The maximum Gasteiger partial charge on any atom is 0.243 e. The summed E-state index contributed by atoms with van der Waals surface area (Å²) in [6, 6.07) is 11.4. The lowest BCUT2D eigenvalue weighted by atomic mass is 10.2. The van der Waals surface area contributed by atoms with Crippen molar-refractivity contribution < 1.29 is 17.9 Å². The van der Waals surface area contributed by atoms with Gasteiger partial charge in [0.1, 0.15) is 19.0 Å². The fourth-order valence-corrected chi connectivity index (χ4v) is 6.38. The van der Waals surface area contributed by atoms with Gasteiger partial charge in [-0.3, -0.25) is 4.90 Å². The molecule has 0 atom stereocenters. The zero-order valence-electron chi connectivity index (χ0n) is 19.9. The fourth-order valence-electron chi connectivity index (χ4n) is 4.84. The van der Waals surface area contributed by atoms with E-state index in [0.29, 0.717) is 37.7 Å². The number of nitrogens with zero attached hydrogens (tertiary/aromatic N) is 4. The lowest BCUT2D eigenvalue weighted by molar-refractivity contribution is 0.171. The minimum Gasteiger partial charge on any atom is -0.486 e. The molecule has 1 saturated heterocycles. The zero-order chi connectivity index (χ0) is 23.7. The highest BCUT2D eigenvalue weighted by molar-refractivity contribution is 7.89. The van der Waals surface area contributed by atoms with Gasteiger partial charge in [-0.2, -0.15) is 4.31 Å². The van der Waals surface area contributed by atoms with Gasteiger partial charge < -0.3 is 14.0 Å². The Kier molecular flexibility index (Phi) is 6.50. The van der Waals surface area contributed by atoms with E-state index in [-0.39, 0.29) is 0 Å². The van der Waals surface area contributed by atoms with E-state index < -0.39 is 10.0 Å². The van der Waals surface area contributed by atoms with Crippen molar-refractivity contribution in [3.63, 3.8) is 0 Å². The summed E-state index contributed by atoms with van der Waals surface area (Å²) >= 11 is 0. The average Bonchev–Trinajstić information content (AvgIpc) is 3.20. The SMILES string of the molecule is CCn1c(CN(C)Cc2ccc3c(c2)OCCO3)nc2cc(S(=O)(=O)N3CCCCC3)ccc21. The summed E-state index contributed by atoms with van der Waals surface area (Å²) in [6.45, 7) is 6.58. The molecule has 3 heterocycles. The van der Waals surface area contributed by atoms with Crippen molar-refractivity contribution in [3.05, 3.63) is 47.8 Å². The number of ether oxygens (including phenoxy) is 2. The molecule has 3 aromatic rings. The molecule has 0 amide bonds. The second-order valence-electron chi connectivity index (χ2n) is 9.04. The first-order chi connectivity index (χ1) is 16.5. The van der Waals surface area contributed by atoms with Gasteiger partial charge in [-0.05, 0) is 62.7 Å². The Bertz CT molecular complexity index is 1280. The quantitative estimate of drug-likeness (QED) is 0.510. The molecule has 0 unspecified atom stereocenters. The number of aromatic nitrogens is 2. The largest absolute Gasteiger partial charge is 0.486 e. The van der Waals surface area contributed by atoms with Crippen LogP contribution in [0, 0.1) is 0 Å². The molecule has 5 rings (SSSR count). The third kappa shape index (κ3) is 4.52. The van der Waals surface area contributed by atoms with Crippen LogP contribution in [0.4, 0.5) is 0 Å². The Hall–Kier alpha value is -2.62. The van der Waals surface area contributed by atoms with Crippen molar-refractivity contribution in [1.29, 1.82) is 0 Å². The second-order valence-corrected chi connectivity index (χ2v) is 11.0. The van der Waals surface area contributed by atoms with Crippen LogP contribution in [0.15, 0.2) is 41.3 Å². The summed E-state index contributed by atoms with van der Waals surface area (Å²) in [4.78, 5) is 7.38. The molecule has 34 heavy (non-hydrogen) atoms. The Morgan fingerprint density at radius 3 is 2.50 bits per heavy atom. The number of sulfonamides is 1. The molecular formula is C25H32N4O4S. The Labute approximate surface area is 201 Å². The number of rotatable bonds is 7. The third-order valence-electron chi connectivity index (χ3n) is 6.54. The predicted octanol–water partition coefficient (Wildman–Crippen LogP) is 3.63. The second kappa shape index (κ2) is 9.56. The van der Waals surface area contributed by atoms with Crippen molar-refractivity contribution >= 4 is 21.1 Å². The normalized spacial score (nSPS) is 16.9. The third-order valence-corrected chi connectivity index (χ3v) is 8.43. The number of hydrogen-bond acceptors (Lipinski definition) is 6. The van der Waals surface area contributed by atoms with Crippen molar-refractivity contribution in [2.75, 3.05) is 33.4 Å². The van der Waals surface area contributed by atoms with Crippen LogP contribution >= 0.6 is 0 Å². The standard InChI is InChI=1S/C25H32N4O4S/c1-3-29-22-9-8-20(34(30,31)28-11-5-4-6-12-28)16-21(22)26-25(29)18-27(2)17-19-7-10-23-24(15-19)33-14-13-32-23/h7-10,15-16H,3-6,11-14,17-18H2,1-2H3. The first kappa shape index (κ1) is 23.1. The van der Waals surface area contributed by atoms with E-state index in [1.807, 2.05) is 18.2 Å². The molecule has 2 aromatic carbocycles. The maximum atomic E-state index is 13.1. The van der Waals surface area contributed by atoms with Crippen LogP contribution in [0.1, 0.15) is 37.6 Å². The summed E-state index contributed by atoms with van der Waals surface area (Å²) in [5.74, 6) is 2.51. The zero-order valence-corrected chi connectivity index (χ0v) is 20.7. The minimum absolute atomic E-state index is 0.332. The highest BCUT2D eigenvalue weighted by atomic mass is 32.2. The van der Waals surface area contributed by atoms with Gasteiger partial charge in [0.2, 0.25) is 10.0 Å². The molecule has 0 aliphatic carbocycles. The van der Waals surface area contributed by atoms with Gasteiger partial charge in [0, 0.05) is 26.2 Å². The van der Waals surface area contributed by atoms with Gasteiger partial charge >= 0.3 is 0 Å². The van der Waals surface area contributed by atoms with E-state index >= 15 is 0 Å². The van der Waals surface area contributed by atoms with Crippen molar-refractivity contribution in [2.24, 2.45) is 0 Å². The summed E-state index contributed by atoms with van der Waals surface area (Å²) in [7, 11) is -1.43. The fraction of sp³-hybridized carbons (Fsp3) is 0.480. The summed E-state index contributed by atoms with van der Waals surface area (Å²) in [6.07, 6.45) is 2.94. The molecule has 0 bridgehead atoms. The molecule has 1 aromatic heterocycles. The highest BCUT2D eigenvalue weighted by Gasteiger charge is 2.26. The van der Waals surface area contributed by atoms with Gasteiger partial charge in [-0.15, -0.1) is 0 Å². The Morgan fingerprint density at radius 2 is 1.74 bits per heavy atom. The van der Waals surface area contributed by atoms with Crippen LogP contribution in [-0.2, 0) is 29.7 Å². The number of fused-ring (bicyclic) bond motifs is 2. The van der Waals surface area contributed by atoms with Gasteiger partial charge in [0.05, 0.1) is 22.5 Å². The lowest BCUT2D eigenvalue weighted by Gasteiger charge is -2.25. The highest BCUT2D eigenvalue weighted by Crippen LogP contribution is 2.31. The summed E-state index contributed by atoms with van der Waals surface area (Å²) < 4.78 is 41.4. The number of hydrogen-bond donors (Lipinski definition) is 0. The van der Waals surface area contributed by atoms with Gasteiger partial charge in [0.15, 0.2) is 11.5 Å². The Balaban J connectivity index is 1.36. The van der Waals surface area contributed by atoms with Crippen molar-refractivity contribution in [1.82, 2.24) is 18.8 Å². The number of imidazole rings is 1. The van der Waals surface area contributed by atoms with E-state index in [4.69, 9.17) is 14.5 Å². The smallest absolute Gasteiger partial charge is 0.243 e. The number of benzene rings is 2. The molecule has 1 fully saturated rings. The van der Waals surface area contributed by atoms with Crippen molar-refractivity contribution in [3.8, 4) is 11.5 Å². The molecule has 0 N–H and O–H groups in total. The summed E-state index contributed by atoms with van der Waals surface area (Å²) in [5, 5.41) is 0. The van der Waals surface area contributed by atoms with Crippen LogP contribution in [0.25, 0.3) is 11.0 Å².